The molecule has 7 heteroatoms. The van der Waals surface area contributed by atoms with Crippen molar-refractivity contribution in [3.8, 4) is 5.75 Å². The third-order valence-corrected chi connectivity index (χ3v) is 4.73. The smallest absolute Gasteiger partial charge is 0.223 e. The Bertz CT molecular complexity index is 701. The monoisotopic (exact) mass is 374 g/mol. The van der Waals surface area contributed by atoms with Crippen molar-refractivity contribution < 1.29 is 24.2 Å². The maximum absolute atomic E-state index is 12.2. The van der Waals surface area contributed by atoms with Crippen molar-refractivity contribution in [2.45, 2.75) is 44.1 Å². The van der Waals surface area contributed by atoms with Gasteiger partial charge in [-0.15, -0.1) is 0 Å². The number of aliphatic hydroxyl groups excluding tert-OH is 1. The van der Waals surface area contributed by atoms with Gasteiger partial charge < -0.3 is 25.2 Å². The Balaban J connectivity index is 1.48. The van der Waals surface area contributed by atoms with Crippen LogP contribution in [0.5, 0.6) is 5.75 Å². The molecule has 1 aliphatic heterocycles. The fraction of sp³-hybridized carbons (Fsp3) is 0.500. The van der Waals surface area contributed by atoms with Gasteiger partial charge in [0.15, 0.2) is 0 Å². The molecule has 1 aliphatic carbocycles. The molecular weight excluding hydrogens is 348 g/mol. The normalized spacial score (nSPS) is 24.3. The highest BCUT2D eigenvalue weighted by molar-refractivity contribution is 5.81. The Morgan fingerprint density at radius 3 is 2.81 bits per heavy atom. The number of carbonyl (C=O) groups excluding carboxylic acids is 2. The number of aliphatic hydroxyl groups is 1. The molecule has 1 heterocycles. The van der Waals surface area contributed by atoms with Crippen LogP contribution in [0.25, 0.3) is 0 Å². The first-order chi connectivity index (χ1) is 13.1. The second-order valence-corrected chi connectivity index (χ2v) is 6.92. The zero-order chi connectivity index (χ0) is 19.2. The Hall–Kier alpha value is -2.38. The van der Waals surface area contributed by atoms with Crippen LogP contribution < -0.4 is 15.4 Å². The van der Waals surface area contributed by atoms with E-state index in [0.717, 1.165) is 24.2 Å². The SMILES string of the molecule is COc1cccc(CNC(=O)C[C@H]2C=C[C@H](NC(=O)C3CC3)[C@@H](CO)O2)c1. The first-order valence-corrected chi connectivity index (χ1v) is 9.23. The van der Waals surface area contributed by atoms with Gasteiger partial charge in [0, 0.05) is 12.5 Å². The van der Waals surface area contributed by atoms with E-state index in [0.29, 0.717) is 6.54 Å². The van der Waals surface area contributed by atoms with Crippen LogP contribution in [0.1, 0.15) is 24.8 Å². The van der Waals surface area contributed by atoms with Crippen molar-refractivity contribution in [3.63, 3.8) is 0 Å². The van der Waals surface area contributed by atoms with Crippen LogP contribution >= 0.6 is 0 Å². The van der Waals surface area contributed by atoms with Crippen LogP contribution in [0.3, 0.4) is 0 Å². The highest BCUT2D eigenvalue weighted by Gasteiger charge is 2.34. The van der Waals surface area contributed by atoms with Gasteiger partial charge in [-0.05, 0) is 30.5 Å². The largest absolute Gasteiger partial charge is 0.497 e. The second kappa shape index (κ2) is 9.01. The Morgan fingerprint density at radius 2 is 2.11 bits per heavy atom. The Kier molecular flexibility index (Phi) is 6.47. The van der Waals surface area contributed by atoms with Crippen molar-refractivity contribution in [2.75, 3.05) is 13.7 Å². The first kappa shape index (κ1) is 19.4. The fourth-order valence-corrected chi connectivity index (χ4v) is 3.00. The average molecular weight is 374 g/mol. The third kappa shape index (κ3) is 5.55. The van der Waals surface area contributed by atoms with Crippen LogP contribution in [0.2, 0.25) is 0 Å². The minimum absolute atomic E-state index is 0.00109. The summed E-state index contributed by atoms with van der Waals surface area (Å²) in [7, 11) is 1.60. The van der Waals surface area contributed by atoms with Crippen molar-refractivity contribution in [2.24, 2.45) is 5.92 Å². The van der Waals surface area contributed by atoms with Crippen LogP contribution in [0.4, 0.5) is 0 Å². The van der Waals surface area contributed by atoms with E-state index in [1.54, 1.807) is 13.2 Å². The van der Waals surface area contributed by atoms with Crippen molar-refractivity contribution in [1.82, 2.24) is 10.6 Å². The topological polar surface area (TPSA) is 96.9 Å². The molecule has 1 saturated carbocycles. The molecule has 3 N–H and O–H groups in total. The summed E-state index contributed by atoms with van der Waals surface area (Å²) in [5, 5.41) is 15.3. The molecule has 146 valence electrons. The molecule has 0 radical (unpaired) electrons. The van der Waals surface area contributed by atoms with Crippen LogP contribution in [-0.4, -0.2) is 48.9 Å². The summed E-state index contributed by atoms with van der Waals surface area (Å²) in [5.74, 6) is 0.689. The lowest BCUT2D eigenvalue weighted by Gasteiger charge is -2.31. The van der Waals surface area contributed by atoms with Gasteiger partial charge in [0.25, 0.3) is 0 Å². The summed E-state index contributed by atoms with van der Waals surface area (Å²) in [6.07, 6.45) is 4.60. The highest BCUT2D eigenvalue weighted by atomic mass is 16.5. The van der Waals surface area contributed by atoms with E-state index in [1.165, 1.54) is 0 Å². The number of hydrogen-bond donors (Lipinski definition) is 3. The van der Waals surface area contributed by atoms with Crippen LogP contribution in [0, 0.1) is 5.92 Å². The van der Waals surface area contributed by atoms with Gasteiger partial charge in [-0.2, -0.15) is 0 Å². The molecule has 7 nitrogen and oxygen atoms in total. The maximum Gasteiger partial charge on any atom is 0.223 e. The van der Waals surface area contributed by atoms with Crippen molar-refractivity contribution in [1.29, 1.82) is 0 Å². The molecule has 2 amide bonds. The molecule has 1 fully saturated rings. The molecule has 3 atom stereocenters. The number of hydrogen-bond acceptors (Lipinski definition) is 5. The molecule has 0 spiro atoms. The number of amides is 2. The molecule has 0 saturated heterocycles. The molecule has 0 bridgehead atoms. The third-order valence-electron chi connectivity index (χ3n) is 4.73. The lowest BCUT2D eigenvalue weighted by molar-refractivity contribution is -0.128. The zero-order valence-corrected chi connectivity index (χ0v) is 15.4. The van der Waals surface area contributed by atoms with Crippen molar-refractivity contribution >= 4 is 11.8 Å². The van der Waals surface area contributed by atoms with Gasteiger partial charge >= 0.3 is 0 Å². The standard InChI is InChI=1S/C20H26N2O5/c1-26-15-4-2-3-13(9-15)11-21-19(24)10-16-7-8-17(18(12-23)27-16)22-20(25)14-5-6-14/h2-4,7-9,14,16-18,23H,5-6,10-12H2,1H3,(H,21,24)(H,22,25)/t16-,17+,18-/m1/s1. The summed E-state index contributed by atoms with van der Waals surface area (Å²) in [4.78, 5) is 24.1. The summed E-state index contributed by atoms with van der Waals surface area (Å²) < 4.78 is 10.9. The molecular formula is C20H26N2O5. The minimum atomic E-state index is -0.547. The lowest BCUT2D eigenvalue weighted by Crippen LogP contribution is -2.49. The second-order valence-electron chi connectivity index (χ2n) is 6.92. The van der Waals surface area contributed by atoms with E-state index >= 15 is 0 Å². The van der Waals surface area contributed by atoms with Crippen molar-refractivity contribution in [3.05, 3.63) is 42.0 Å². The molecule has 0 aromatic heterocycles. The van der Waals surface area contributed by atoms with E-state index in [2.05, 4.69) is 10.6 Å². The Morgan fingerprint density at radius 1 is 1.30 bits per heavy atom. The number of rotatable bonds is 8. The molecule has 0 unspecified atom stereocenters. The van der Waals surface area contributed by atoms with Gasteiger partial charge in [0.05, 0.1) is 32.3 Å². The first-order valence-electron chi connectivity index (χ1n) is 9.23. The summed E-state index contributed by atoms with van der Waals surface area (Å²) >= 11 is 0. The van der Waals surface area contributed by atoms with Crippen LogP contribution in [0.15, 0.2) is 36.4 Å². The van der Waals surface area contributed by atoms with Gasteiger partial charge in [0.2, 0.25) is 11.8 Å². The van der Waals surface area contributed by atoms with E-state index in [1.807, 2.05) is 30.3 Å². The summed E-state index contributed by atoms with van der Waals surface area (Å²) in [6.45, 7) is 0.178. The molecule has 1 aromatic carbocycles. The molecule has 3 rings (SSSR count). The molecule has 2 aliphatic rings. The average Bonchev–Trinajstić information content (AvgIpc) is 3.53. The van der Waals surface area contributed by atoms with Crippen LogP contribution in [-0.2, 0) is 20.9 Å². The van der Waals surface area contributed by atoms with Gasteiger partial charge in [-0.25, -0.2) is 0 Å². The predicted octanol–water partition coefficient (Wildman–Crippen LogP) is 0.912. The minimum Gasteiger partial charge on any atom is -0.497 e. The summed E-state index contributed by atoms with van der Waals surface area (Å²) in [5.41, 5.74) is 0.943. The van der Waals surface area contributed by atoms with E-state index < -0.39 is 12.2 Å². The number of methoxy groups -OCH3 is 1. The number of nitrogens with one attached hydrogen (secondary N) is 2. The van der Waals surface area contributed by atoms with Gasteiger partial charge in [-0.1, -0.05) is 24.3 Å². The quantitative estimate of drug-likeness (QED) is 0.588. The highest BCUT2D eigenvalue weighted by Crippen LogP contribution is 2.29. The zero-order valence-electron chi connectivity index (χ0n) is 15.4. The van der Waals surface area contributed by atoms with Gasteiger partial charge in [-0.3, -0.25) is 9.59 Å². The van der Waals surface area contributed by atoms with E-state index in [4.69, 9.17) is 9.47 Å². The number of carbonyl (C=O) groups is 2. The maximum atomic E-state index is 12.2. The Labute approximate surface area is 158 Å². The molecule has 27 heavy (non-hydrogen) atoms. The van der Waals surface area contributed by atoms with Gasteiger partial charge in [0.1, 0.15) is 11.9 Å². The van der Waals surface area contributed by atoms with E-state index in [-0.39, 0.29) is 36.8 Å². The molecule has 1 aromatic rings. The number of benzene rings is 1. The fourth-order valence-electron chi connectivity index (χ4n) is 3.00. The summed E-state index contributed by atoms with van der Waals surface area (Å²) in [6, 6.07) is 7.13. The van der Waals surface area contributed by atoms with E-state index in [9.17, 15) is 14.7 Å². The predicted molar refractivity (Wildman–Crippen MR) is 99.0 cm³/mol. The number of ether oxygens (including phenoxy) is 2. The lowest BCUT2D eigenvalue weighted by atomic mass is 10.0.